The maximum atomic E-state index is 11.4. The minimum atomic E-state index is -0.777. The Morgan fingerprint density at radius 1 is 1.47 bits per heavy atom. The molecule has 0 radical (unpaired) electrons. The average molecular weight is 255 g/mol. The third-order valence-corrected chi connectivity index (χ3v) is 3.90. The number of halogens is 1. The Morgan fingerprint density at radius 2 is 2.06 bits per heavy atom. The number of hydrogen-bond donors (Lipinski definition) is 1. The molecule has 1 fully saturated rings. The van der Waals surface area contributed by atoms with Gasteiger partial charge in [-0.15, -0.1) is 0 Å². The molecular formula is C13H15ClO3. The number of methoxy groups -OCH3 is 1. The van der Waals surface area contributed by atoms with Crippen LogP contribution >= 0.6 is 11.6 Å². The minimum Gasteiger partial charge on any atom is -0.496 e. The summed E-state index contributed by atoms with van der Waals surface area (Å²) in [6, 6.07) is 1.82. The molecule has 1 aromatic rings. The summed E-state index contributed by atoms with van der Waals surface area (Å²) in [5, 5.41) is 9.99. The number of ether oxygens (including phenoxy) is 1. The fraction of sp³-hybridized carbons (Fsp3) is 0.462. The maximum Gasteiger partial charge on any atom is 0.314 e. The van der Waals surface area contributed by atoms with Gasteiger partial charge in [0.2, 0.25) is 0 Å². The third-order valence-electron chi connectivity index (χ3n) is 3.51. The van der Waals surface area contributed by atoms with Crippen LogP contribution in [0.3, 0.4) is 0 Å². The van der Waals surface area contributed by atoms with Crippen LogP contribution in [-0.2, 0) is 10.2 Å². The van der Waals surface area contributed by atoms with E-state index in [1.54, 1.807) is 7.11 Å². The summed E-state index contributed by atoms with van der Waals surface area (Å²) in [5.41, 5.74) is 1.72. The highest BCUT2D eigenvalue weighted by Crippen LogP contribution is 2.54. The van der Waals surface area contributed by atoms with Gasteiger partial charge in [-0.25, -0.2) is 0 Å². The summed E-state index contributed by atoms with van der Waals surface area (Å²) >= 11 is 6.09. The molecule has 0 aliphatic heterocycles. The SMILES string of the molecule is COc1c(C)c(Cl)cc(C)c1C1(C(=O)O)CC1. The molecule has 17 heavy (non-hydrogen) atoms. The van der Waals surface area contributed by atoms with Gasteiger partial charge in [-0.05, 0) is 38.3 Å². The van der Waals surface area contributed by atoms with Gasteiger partial charge in [0.1, 0.15) is 5.75 Å². The lowest BCUT2D eigenvalue weighted by molar-refractivity contribution is -0.140. The highest BCUT2D eigenvalue weighted by atomic mass is 35.5. The Hall–Kier alpha value is -1.22. The van der Waals surface area contributed by atoms with Crippen LogP contribution in [0.1, 0.15) is 29.5 Å². The summed E-state index contributed by atoms with van der Waals surface area (Å²) in [4.78, 5) is 11.4. The summed E-state index contributed by atoms with van der Waals surface area (Å²) in [6.07, 6.45) is 1.33. The number of aliphatic carboxylic acids is 1. The van der Waals surface area contributed by atoms with Gasteiger partial charge in [0, 0.05) is 16.1 Å². The number of hydrogen-bond acceptors (Lipinski definition) is 2. The quantitative estimate of drug-likeness (QED) is 0.902. The highest BCUT2D eigenvalue weighted by Gasteiger charge is 2.54. The second kappa shape index (κ2) is 3.91. The van der Waals surface area contributed by atoms with Crippen LogP contribution in [-0.4, -0.2) is 18.2 Å². The van der Waals surface area contributed by atoms with Crippen molar-refractivity contribution in [2.45, 2.75) is 32.1 Å². The van der Waals surface area contributed by atoms with Crippen LogP contribution in [0, 0.1) is 13.8 Å². The lowest BCUT2D eigenvalue weighted by Gasteiger charge is -2.20. The van der Waals surface area contributed by atoms with Crippen LogP contribution in [0.15, 0.2) is 6.07 Å². The zero-order chi connectivity index (χ0) is 12.8. The van der Waals surface area contributed by atoms with E-state index in [1.165, 1.54) is 0 Å². The average Bonchev–Trinajstić information content (AvgIpc) is 3.04. The first-order valence-corrected chi connectivity index (χ1v) is 5.89. The van der Waals surface area contributed by atoms with Crippen LogP contribution in [0.5, 0.6) is 5.75 Å². The summed E-state index contributed by atoms with van der Waals surface area (Å²) < 4.78 is 5.37. The van der Waals surface area contributed by atoms with Crippen molar-refractivity contribution in [1.29, 1.82) is 0 Å². The molecule has 0 unspecified atom stereocenters. The van der Waals surface area contributed by atoms with E-state index in [0.29, 0.717) is 23.6 Å². The lowest BCUT2D eigenvalue weighted by Crippen LogP contribution is -2.22. The van der Waals surface area contributed by atoms with Crippen molar-refractivity contribution >= 4 is 17.6 Å². The van der Waals surface area contributed by atoms with Crippen molar-refractivity contribution in [3.05, 3.63) is 27.8 Å². The van der Waals surface area contributed by atoms with Crippen LogP contribution in [0.2, 0.25) is 5.02 Å². The van der Waals surface area contributed by atoms with Gasteiger partial charge in [-0.3, -0.25) is 4.79 Å². The first kappa shape index (κ1) is 12.2. The van der Waals surface area contributed by atoms with E-state index in [-0.39, 0.29) is 0 Å². The van der Waals surface area contributed by atoms with Crippen LogP contribution in [0.25, 0.3) is 0 Å². The molecule has 92 valence electrons. The Bertz CT molecular complexity index is 490. The molecule has 0 bridgehead atoms. The number of carbonyl (C=O) groups is 1. The maximum absolute atomic E-state index is 11.4. The van der Waals surface area contributed by atoms with Crippen LogP contribution in [0.4, 0.5) is 0 Å². The van der Waals surface area contributed by atoms with Gasteiger partial charge in [-0.2, -0.15) is 0 Å². The second-order valence-electron chi connectivity index (χ2n) is 4.60. The Kier molecular flexibility index (Phi) is 2.82. The molecule has 2 rings (SSSR count). The normalized spacial score (nSPS) is 16.7. The van der Waals surface area contributed by atoms with Gasteiger partial charge in [0.25, 0.3) is 0 Å². The smallest absolute Gasteiger partial charge is 0.314 e. The Balaban J connectivity index is 2.69. The standard InChI is InChI=1S/C13H15ClO3/c1-7-6-9(14)8(2)11(17-3)10(7)13(4-5-13)12(15)16/h6H,4-5H2,1-3H3,(H,15,16). The van der Waals surface area contributed by atoms with Crippen molar-refractivity contribution in [1.82, 2.24) is 0 Å². The molecule has 1 aromatic carbocycles. The van der Waals surface area contributed by atoms with Gasteiger partial charge >= 0.3 is 5.97 Å². The summed E-state index contributed by atoms with van der Waals surface area (Å²) in [6.45, 7) is 3.73. The molecule has 4 heteroatoms. The first-order valence-electron chi connectivity index (χ1n) is 5.51. The fourth-order valence-electron chi connectivity index (χ4n) is 2.39. The van der Waals surface area contributed by atoms with Crippen molar-refractivity contribution < 1.29 is 14.6 Å². The number of carboxylic acid groups (broad SMARTS) is 1. The summed E-state index contributed by atoms with van der Waals surface area (Å²) in [7, 11) is 1.56. The van der Waals surface area contributed by atoms with Crippen molar-refractivity contribution in [2.24, 2.45) is 0 Å². The monoisotopic (exact) mass is 254 g/mol. The molecule has 0 atom stereocenters. The van der Waals surface area contributed by atoms with E-state index in [0.717, 1.165) is 16.7 Å². The van der Waals surface area contributed by atoms with Gasteiger partial charge in [-0.1, -0.05) is 11.6 Å². The van der Waals surface area contributed by atoms with E-state index in [4.69, 9.17) is 16.3 Å². The van der Waals surface area contributed by atoms with Gasteiger partial charge in [0.05, 0.1) is 12.5 Å². The zero-order valence-corrected chi connectivity index (χ0v) is 10.9. The van der Waals surface area contributed by atoms with Crippen LogP contribution < -0.4 is 4.74 Å². The lowest BCUT2D eigenvalue weighted by atomic mass is 9.89. The van der Waals surface area contributed by atoms with E-state index < -0.39 is 11.4 Å². The third kappa shape index (κ3) is 1.69. The molecular weight excluding hydrogens is 240 g/mol. The highest BCUT2D eigenvalue weighted by molar-refractivity contribution is 6.31. The molecule has 3 nitrogen and oxygen atoms in total. The molecule has 0 spiro atoms. The molecule has 1 N–H and O–H groups in total. The molecule has 0 saturated heterocycles. The fourth-order valence-corrected chi connectivity index (χ4v) is 2.64. The molecule has 0 heterocycles. The predicted molar refractivity (Wildman–Crippen MR) is 66.0 cm³/mol. The molecule has 0 aromatic heterocycles. The van der Waals surface area contributed by atoms with E-state index in [9.17, 15) is 9.90 Å². The van der Waals surface area contributed by atoms with Crippen molar-refractivity contribution in [3.63, 3.8) is 0 Å². The van der Waals surface area contributed by atoms with Gasteiger partial charge < -0.3 is 9.84 Å². The number of carboxylic acids is 1. The van der Waals surface area contributed by atoms with Gasteiger partial charge in [0.15, 0.2) is 0 Å². The number of rotatable bonds is 3. The number of benzene rings is 1. The Labute approximate surface area is 105 Å². The molecule has 0 amide bonds. The van der Waals surface area contributed by atoms with E-state index in [1.807, 2.05) is 19.9 Å². The molecule has 1 aliphatic rings. The van der Waals surface area contributed by atoms with E-state index >= 15 is 0 Å². The summed E-state index contributed by atoms with van der Waals surface area (Å²) in [5.74, 6) is -0.157. The van der Waals surface area contributed by atoms with E-state index in [2.05, 4.69) is 0 Å². The Morgan fingerprint density at radius 3 is 2.47 bits per heavy atom. The minimum absolute atomic E-state index is 0.615. The molecule has 1 aliphatic carbocycles. The largest absolute Gasteiger partial charge is 0.496 e. The second-order valence-corrected chi connectivity index (χ2v) is 5.00. The topological polar surface area (TPSA) is 46.5 Å². The van der Waals surface area contributed by atoms with Crippen molar-refractivity contribution in [3.8, 4) is 5.75 Å². The number of aryl methyl sites for hydroxylation is 1. The molecule has 1 saturated carbocycles. The van der Waals surface area contributed by atoms with Crippen molar-refractivity contribution in [2.75, 3.05) is 7.11 Å². The predicted octanol–water partition coefficient (Wildman–Crippen LogP) is 3.08. The zero-order valence-electron chi connectivity index (χ0n) is 10.1. The first-order chi connectivity index (χ1) is 7.94.